The summed E-state index contributed by atoms with van der Waals surface area (Å²) in [6.07, 6.45) is 1.08. The van der Waals surface area contributed by atoms with Gasteiger partial charge < -0.3 is 19.2 Å². The molecule has 2 aromatic rings. The molecular formula is C15H23N3OS. The number of methoxy groups -OCH3 is 1. The topological polar surface area (TPSA) is 33.2 Å². The van der Waals surface area contributed by atoms with E-state index in [1.54, 1.807) is 7.11 Å². The molecule has 4 nitrogen and oxygen atoms in total. The molecule has 0 saturated heterocycles. The monoisotopic (exact) mass is 293 g/mol. The van der Waals surface area contributed by atoms with Gasteiger partial charge in [-0.05, 0) is 58.2 Å². The lowest BCUT2D eigenvalue weighted by atomic mass is 10.3. The maximum atomic E-state index is 5.42. The Bertz CT molecular complexity index is 630. The van der Waals surface area contributed by atoms with Crippen LogP contribution in [0.1, 0.15) is 20.3 Å². The third-order valence-corrected chi connectivity index (χ3v) is 4.08. The molecule has 0 saturated carbocycles. The quantitative estimate of drug-likeness (QED) is 0.828. The van der Waals surface area contributed by atoms with Crippen molar-refractivity contribution in [3.63, 3.8) is 0 Å². The van der Waals surface area contributed by atoms with Crippen LogP contribution in [0, 0.1) is 4.77 Å². The fourth-order valence-electron chi connectivity index (χ4n) is 2.22. The maximum absolute atomic E-state index is 5.42. The van der Waals surface area contributed by atoms with Crippen LogP contribution in [0.25, 0.3) is 11.0 Å². The SMILES string of the molecule is COc1ccc2[nH]c(=S)n(CCCN(C)C(C)C)c2c1. The third kappa shape index (κ3) is 3.22. The normalized spacial score (nSPS) is 11.7. The molecule has 0 amide bonds. The Hall–Kier alpha value is -1.33. The number of nitrogens with one attached hydrogen (secondary N) is 1. The van der Waals surface area contributed by atoms with Crippen molar-refractivity contribution in [1.29, 1.82) is 0 Å². The highest BCUT2D eigenvalue weighted by Crippen LogP contribution is 2.21. The first-order valence-electron chi connectivity index (χ1n) is 6.99. The number of imidazole rings is 1. The van der Waals surface area contributed by atoms with Gasteiger partial charge in [0.25, 0.3) is 0 Å². The first-order chi connectivity index (χ1) is 9.52. The summed E-state index contributed by atoms with van der Waals surface area (Å²) in [5.41, 5.74) is 2.18. The van der Waals surface area contributed by atoms with Crippen LogP contribution in [-0.4, -0.2) is 41.2 Å². The number of aromatic amines is 1. The second-order valence-electron chi connectivity index (χ2n) is 5.39. The first-order valence-corrected chi connectivity index (χ1v) is 7.40. The molecule has 5 heteroatoms. The van der Waals surface area contributed by atoms with Crippen LogP contribution in [0.15, 0.2) is 18.2 Å². The van der Waals surface area contributed by atoms with Crippen molar-refractivity contribution >= 4 is 23.3 Å². The van der Waals surface area contributed by atoms with E-state index in [9.17, 15) is 0 Å². The molecule has 0 fully saturated rings. The van der Waals surface area contributed by atoms with Gasteiger partial charge in [-0.3, -0.25) is 0 Å². The zero-order chi connectivity index (χ0) is 14.7. The van der Waals surface area contributed by atoms with Crippen LogP contribution < -0.4 is 4.74 Å². The molecule has 0 aliphatic heterocycles. The van der Waals surface area contributed by atoms with Crippen molar-refractivity contribution < 1.29 is 4.74 Å². The number of hydrogen-bond acceptors (Lipinski definition) is 3. The number of nitrogens with zero attached hydrogens (tertiary/aromatic N) is 2. The van der Waals surface area contributed by atoms with E-state index >= 15 is 0 Å². The molecule has 0 unspecified atom stereocenters. The lowest BCUT2D eigenvalue weighted by Crippen LogP contribution is -2.27. The summed E-state index contributed by atoms with van der Waals surface area (Å²) >= 11 is 5.42. The predicted molar refractivity (Wildman–Crippen MR) is 86.1 cm³/mol. The van der Waals surface area contributed by atoms with Crippen molar-refractivity contribution in [2.45, 2.75) is 32.9 Å². The Morgan fingerprint density at radius 3 is 2.80 bits per heavy atom. The largest absolute Gasteiger partial charge is 0.497 e. The molecule has 110 valence electrons. The summed E-state index contributed by atoms with van der Waals surface area (Å²) in [5.74, 6) is 0.861. The molecule has 0 radical (unpaired) electrons. The summed E-state index contributed by atoms with van der Waals surface area (Å²) < 4.78 is 8.22. The Labute approximate surface area is 125 Å². The second-order valence-corrected chi connectivity index (χ2v) is 5.78. The summed E-state index contributed by atoms with van der Waals surface area (Å²) in [6.45, 7) is 6.41. The van der Waals surface area contributed by atoms with E-state index in [4.69, 9.17) is 17.0 Å². The minimum atomic E-state index is 0.575. The van der Waals surface area contributed by atoms with E-state index in [1.165, 1.54) is 0 Å². The molecule has 0 aliphatic carbocycles. The van der Waals surface area contributed by atoms with Crippen molar-refractivity contribution in [3.05, 3.63) is 23.0 Å². The van der Waals surface area contributed by atoms with Gasteiger partial charge in [0.1, 0.15) is 5.75 Å². The van der Waals surface area contributed by atoms with Gasteiger partial charge in [0, 0.05) is 18.7 Å². The van der Waals surface area contributed by atoms with Gasteiger partial charge in [0.2, 0.25) is 0 Å². The van der Waals surface area contributed by atoms with Gasteiger partial charge in [-0.25, -0.2) is 0 Å². The van der Waals surface area contributed by atoms with Crippen molar-refractivity contribution in [2.24, 2.45) is 0 Å². The molecule has 0 aliphatic rings. The van der Waals surface area contributed by atoms with E-state index < -0.39 is 0 Å². The van der Waals surface area contributed by atoms with Gasteiger partial charge in [-0.2, -0.15) is 0 Å². The van der Waals surface area contributed by atoms with Gasteiger partial charge in [0.15, 0.2) is 4.77 Å². The zero-order valence-corrected chi connectivity index (χ0v) is 13.5. The predicted octanol–water partition coefficient (Wildman–Crippen LogP) is 3.44. The molecule has 20 heavy (non-hydrogen) atoms. The molecule has 0 bridgehead atoms. The van der Waals surface area contributed by atoms with Crippen LogP contribution in [0.2, 0.25) is 0 Å². The zero-order valence-electron chi connectivity index (χ0n) is 12.6. The van der Waals surface area contributed by atoms with E-state index in [0.29, 0.717) is 6.04 Å². The standard InChI is InChI=1S/C15H23N3OS/c1-11(2)17(3)8-5-9-18-14-10-12(19-4)6-7-13(14)16-15(18)20/h6-7,10-11H,5,8-9H2,1-4H3,(H,16,20). The lowest BCUT2D eigenvalue weighted by Gasteiger charge is -2.20. The number of ether oxygens (including phenoxy) is 1. The van der Waals surface area contributed by atoms with Crippen LogP contribution in [-0.2, 0) is 6.54 Å². The molecule has 2 rings (SSSR count). The average Bonchev–Trinajstić information content (AvgIpc) is 2.74. The van der Waals surface area contributed by atoms with Crippen LogP contribution in [0.3, 0.4) is 0 Å². The fraction of sp³-hybridized carbons (Fsp3) is 0.533. The van der Waals surface area contributed by atoms with E-state index in [1.807, 2.05) is 18.2 Å². The van der Waals surface area contributed by atoms with Crippen molar-refractivity contribution in [3.8, 4) is 5.75 Å². The van der Waals surface area contributed by atoms with E-state index in [-0.39, 0.29) is 0 Å². The van der Waals surface area contributed by atoms with Crippen molar-refractivity contribution in [2.75, 3.05) is 20.7 Å². The number of aromatic nitrogens is 2. The van der Waals surface area contributed by atoms with Crippen LogP contribution in [0.5, 0.6) is 5.75 Å². The third-order valence-electron chi connectivity index (χ3n) is 3.76. The number of rotatable bonds is 6. The Morgan fingerprint density at radius 2 is 2.15 bits per heavy atom. The van der Waals surface area contributed by atoms with Gasteiger partial charge in [-0.15, -0.1) is 0 Å². The number of aryl methyl sites for hydroxylation is 1. The van der Waals surface area contributed by atoms with Gasteiger partial charge in [0.05, 0.1) is 18.1 Å². The molecule has 0 atom stereocenters. The molecule has 1 heterocycles. The molecular weight excluding hydrogens is 270 g/mol. The average molecular weight is 293 g/mol. The Morgan fingerprint density at radius 1 is 1.40 bits per heavy atom. The lowest BCUT2D eigenvalue weighted by molar-refractivity contribution is 0.266. The highest BCUT2D eigenvalue weighted by atomic mass is 32.1. The Balaban J connectivity index is 2.16. The summed E-state index contributed by atoms with van der Waals surface area (Å²) in [6, 6.07) is 6.57. The van der Waals surface area contributed by atoms with Crippen LogP contribution >= 0.6 is 12.2 Å². The van der Waals surface area contributed by atoms with Crippen molar-refractivity contribution in [1.82, 2.24) is 14.5 Å². The summed E-state index contributed by atoms with van der Waals surface area (Å²) in [4.78, 5) is 5.59. The molecule has 0 spiro atoms. The number of benzene rings is 1. The van der Waals surface area contributed by atoms with Crippen LogP contribution in [0.4, 0.5) is 0 Å². The van der Waals surface area contributed by atoms with E-state index in [2.05, 4.69) is 35.3 Å². The summed E-state index contributed by atoms with van der Waals surface area (Å²) in [7, 11) is 3.84. The second kappa shape index (κ2) is 6.41. The van der Waals surface area contributed by atoms with Gasteiger partial charge in [-0.1, -0.05) is 0 Å². The van der Waals surface area contributed by atoms with Gasteiger partial charge >= 0.3 is 0 Å². The highest BCUT2D eigenvalue weighted by Gasteiger charge is 2.07. The molecule has 1 aromatic carbocycles. The summed E-state index contributed by atoms with van der Waals surface area (Å²) in [5, 5.41) is 0. The smallest absolute Gasteiger partial charge is 0.178 e. The fourth-order valence-corrected chi connectivity index (χ4v) is 2.52. The van der Waals surface area contributed by atoms with E-state index in [0.717, 1.165) is 41.1 Å². The molecule has 1 N–H and O–H groups in total. The minimum absolute atomic E-state index is 0.575. The number of H-pyrrole nitrogens is 1. The maximum Gasteiger partial charge on any atom is 0.178 e. The minimum Gasteiger partial charge on any atom is -0.497 e. The Kier molecular flexibility index (Phi) is 4.83. The highest BCUT2D eigenvalue weighted by molar-refractivity contribution is 7.71. The first kappa shape index (κ1) is 15.1. The number of hydrogen-bond donors (Lipinski definition) is 1. The number of fused-ring (bicyclic) bond motifs is 1. The molecule has 1 aromatic heterocycles.